The van der Waals surface area contributed by atoms with Gasteiger partial charge in [-0.1, -0.05) is 55.4 Å². The number of furan rings is 4. The Balaban J connectivity index is 2.00. The zero-order valence-corrected chi connectivity index (χ0v) is 25.6. The summed E-state index contributed by atoms with van der Waals surface area (Å²) in [5, 5.41) is 0. The van der Waals surface area contributed by atoms with E-state index in [0.717, 1.165) is 96.1 Å². The molecule has 4 aromatic rings. The molecule has 1 aliphatic rings. The van der Waals surface area contributed by atoms with E-state index in [4.69, 9.17) is 17.7 Å². The van der Waals surface area contributed by atoms with E-state index in [1.54, 1.807) is 0 Å². The van der Waals surface area contributed by atoms with Crippen LogP contribution >= 0.6 is 0 Å². The molecule has 0 aromatic carbocycles. The van der Waals surface area contributed by atoms with Gasteiger partial charge in [0, 0.05) is 68.8 Å². The predicted octanol–water partition coefficient (Wildman–Crippen LogP) is 6.19. The average Bonchev–Trinajstić information content (AvgIpc) is 3.67. The van der Waals surface area contributed by atoms with Gasteiger partial charge in [0.25, 0.3) is 0 Å². The third-order valence-corrected chi connectivity index (χ3v) is 8.59. The Morgan fingerprint density at radius 2 is 0.500 bits per heavy atom. The van der Waals surface area contributed by atoms with Crippen LogP contribution in [0.2, 0.25) is 0 Å². The van der Waals surface area contributed by atoms with Gasteiger partial charge >= 0.3 is 0 Å². The summed E-state index contributed by atoms with van der Waals surface area (Å²) < 4.78 is 26.5. The molecule has 4 aromatic heterocycles. The maximum atomic E-state index is 6.64. The third-order valence-electron chi connectivity index (χ3n) is 8.59. The maximum Gasteiger partial charge on any atom is 0.134 e. The predicted molar refractivity (Wildman–Crippen MR) is 163 cm³/mol. The van der Waals surface area contributed by atoms with E-state index >= 15 is 0 Å². The van der Waals surface area contributed by atoms with Gasteiger partial charge < -0.3 is 17.7 Å². The Hall–Kier alpha value is -3.40. The topological polar surface area (TPSA) is 52.6 Å². The molecule has 1 aliphatic heterocycles. The van der Waals surface area contributed by atoms with Gasteiger partial charge in [-0.05, 0) is 51.4 Å². The van der Waals surface area contributed by atoms with Crippen LogP contribution in [0.4, 0.5) is 0 Å². The third kappa shape index (κ3) is 4.56. The van der Waals surface area contributed by atoms with Crippen molar-refractivity contribution in [2.24, 2.45) is 0 Å². The van der Waals surface area contributed by atoms with Gasteiger partial charge in [-0.3, -0.25) is 0 Å². The summed E-state index contributed by atoms with van der Waals surface area (Å²) in [4.78, 5) is 0. The van der Waals surface area contributed by atoms with Crippen molar-refractivity contribution in [3.63, 3.8) is 0 Å². The fourth-order valence-corrected chi connectivity index (χ4v) is 6.67. The normalized spacial score (nSPS) is 16.0. The van der Waals surface area contributed by atoms with E-state index < -0.39 is 0 Å². The minimum atomic E-state index is 0.880. The first-order chi connectivity index (χ1) is 19.5. The summed E-state index contributed by atoms with van der Waals surface area (Å²) in [7, 11) is 0. The highest BCUT2D eigenvalue weighted by Gasteiger charge is 2.21. The first-order valence-corrected chi connectivity index (χ1v) is 15.4. The molecule has 4 heteroatoms. The molecule has 0 saturated carbocycles. The molecule has 0 unspecified atom stereocenters. The molecule has 0 amide bonds. The van der Waals surface area contributed by atoms with Crippen LogP contribution in [0, 0.1) is 0 Å². The molecule has 0 saturated heterocycles. The minimum absolute atomic E-state index is 0.880. The number of hydrogen-bond acceptors (Lipinski definition) is 4. The van der Waals surface area contributed by atoms with Crippen LogP contribution in [0.5, 0.6) is 0 Å². The number of fused-ring (bicyclic) bond motifs is 8. The lowest BCUT2D eigenvalue weighted by Gasteiger charge is -1.99. The van der Waals surface area contributed by atoms with E-state index in [2.05, 4.69) is 79.7 Å². The first-order valence-electron chi connectivity index (χ1n) is 15.4. The Labute approximate surface area is 237 Å². The van der Waals surface area contributed by atoms with Gasteiger partial charge in [0.1, 0.15) is 44.7 Å². The fraction of sp³-hybridized carbons (Fsp3) is 0.444. The second-order valence-corrected chi connectivity index (χ2v) is 10.6. The van der Waals surface area contributed by atoms with Crippen molar-refractivity contribution in [3.8, 4) is 0 Å². The van der Waals surface area contributed by atoms with Crippen molar-refractivity contribution < 1.29 is 17.7 Å². The molecule has 5 heterocycles. The molecule has 4 nitrogen and oxygen atoms in total. The summed E-state index contributed by atoms with van der Waals surface area (Å²) in [6.07, 6.45) is 15.6. The molecule has 0 spiro atoms. The lowest BCUT2D eigenvalue weighted by Crippen LogP contribution is -2.05. The van der Waals surface area contributed by atoms with Gasteiger partial charge in [-0.25, -0.2) is 0 Å². The zero-order chi connectivity index (χ0) is 28.6. The smallest absolute Gasteiger partial charge is 0.134 e. The van der Waals surface area contributed by atoms with Gasteiger partial charge in [0.15, 0.2) is 0 Å². The lowest BCUT2D eigenvalue weighted by atomic mass is 10.0. The number of rotatable bonds is 8. The van der Waals surface area contributed by atoms with Gasteiger partial charge in [-0.15, -0.1) is 0 Å². The molecule has 5 rings (SSSR count). The van der Waals surface area contributed by atoms with Crippen molar-refractivity contribution in [1.29, 1.82) is 0 Å². The molecule has 40 heavy (non-hydrogen) atoms. The average molecular weight is 541 g/mol. The zero-order valence-electron chi connectivity index (χ0n) is 25.6. The monoisotopic (exact) mass is 540 g/mol. The van der Waals surface area contributed by atoms with E-state index in [-0.39, 0.29) is 0 Å². The maximum absolute atomic E-state index is 6.64. The molecule has 212 valence electrons. The molecule has 0 aliphatic carbocycles. The lowest BCUT2D eigenvalue weighted by molar-refractivity contribution is 0.480. The highest BCUT2D eigenvalue weighted by atomic mass is 16.4. The highest BCUT2D eigenvalue weighted by molar-refractivity contribution is 5.62. The van der Waals surface area contributed by atoms with Gasteiger partial charge in [-0.2, -0.15) is 0 Å². The van der Waals surface area contributed by atoms with Crippen molar-refractivity contribution >= 4 is 24.3 Å². The highest BCUT2D eigenvalue weighted by Crippen LogP contribution is 2.28. The van der Waals surface area contributed by atoms with Crippen molar-refractivity contribution in [2.45, 2.75) is 107 Å². The Morgan fingerprint density at radius 3 is 0.675 bits per heavy atom. The SMILES string of the molecule is CCc1c2oc(c1CC)/C=c1\o/c(c(CC)c1CC)=C\c1oc(c(CC)c1CC)/C=c1\o/c(c(CC)c1CC)=C\2. The fourth-order valence-electron chi connectivity index (χ4n) is 6.67. The standard InChI is InChI=1S/C36H44O4/c1-9-21-22(10-2)30-18-32-25(13-5)26(14-6)34(39-32)20-36-28(16-8)27(15-7)35(40-36)19-33-24(12-4)23(11-3)31(38-33)17-29(21)37-30/h17-20H,9-16H2,1-8H3/b29-17-,30-18-,31-17?,32-18?,33-19?,34-20?,35-19-,36-20-. The van der Waals surface area contributed by atoms with Crippen LogP contribution in [0.3, 0.4) is 0 Å². The summed E-state index contributed by atoms with van der Waals surface area (Å²) in [6.45, 7) is 17.6. The van der Waals surface area contributed by atoms with Crippen molar-refractivity contribution in [1.82, 2.24) is 0 Å². The molecular formula is C36H44O4. The van der Waals surface area contributed by atoms with E-state index in [1.165, 1.54) is 44.5 Å². The van der Waals surface area contributed by atoms with Crippen LogP contribution < -0.4 is 21.7 Å². The Bertz CT molecular complexity index is 1520. The molecule has 0 radical (unpaired) electrons. The summed E-state index contributed by atoms with van der Waals surface area (Å²) >= 11 is 0. The van der Waals surface area contributed by atoms with Gasteiger partial charge in [0.05, 0.1) is 0 Å². The minimum Gasteiger partial charge on any atom is -0.456 e. The van der Waals surface area contributed by atoms with Gasteiger partial charge in [0.2, 0.25) is 0 Å². The van der Waals surface area contributed by atoms with Crippen LogP contribution in [0.25, 0.3) is 24.3 Å². The van der Waals surface area contributed by atoms with Crippen LogP contribution in [-0.4, -0.2) is 0 Å². The first kappa shape index (κ1) is 28.1. The molecular weight excluding hydrogens is 496 g/mol. The summed E-state index contributed by atoms with van der Waals surface area (Å²) in [5.41, 5.74) is 13.4. The van der Waals surface area contributed by atoms with E-state index in [9.17, 15) is 0 Å². The number of hydrogen-bond donors (Lipinski definition) is 0. The molecule has 0 N–H and O–H groups in total. The second kappa shape index (κ2) is 11.6. The van der Waals surface area contributed by atoms with Crippen molar-refractivity contribution in [2.75, 3.05) is 0 Å². The van der Waals surface area contributed by atoms with E-state index in [1.807, 2.05) is 0 Å². The molecule has 0 fully saturated rings. The molecule has 8 bridgehead atoms. The summed E-state index contributed by atoms with van der Waals surface area (Å²) in [5.74, 6) is 3.52. The quantitative estimate of drug-likeness (QED) is 0.236. The largest absolute Gasteiger partial charge is 0.456 e. The van der Waals surface area contributed by atoms with E-state index in [0.29, 0.717) is 0 Å². The second-order valence-electron chi connectivity index (χ2n) is 10.6. The van der Waals surface area contributed by atoms with Crippen LogP contribution in [0.1, 0.15) is 123 Å². The van der Waals surface area contributed by atoms with Crippen molar-refractivity contribution in [3.05, 3.63) is 89.2 Å². The summed E-state index contributed by atoms with van der Waals surface area (Å²) in [6, 6.07) is 0. The van der Waals surface area contributed by atoms with Crippen LogP contribution in [-0.2, 0) is 51.4 Å². The Kier molecular flexibility index (Phi) is 8.16. The molecule has 0 atom stereocenters. The Morgan fingerprint density at radius 1 is 0.300 bits per heavy atom. The van der Waals surface area contributed by atoms with Crippen LogP contribution in [0.15, 0.2) is 17.7 Å².